The molecule has 0 bridgehead atoms. The van der Waals surface area contributed by atoms with Gasteiger partial charge in [-0.15, -0.1) is 0 Å². The lowest BCUT2D eigenvalue weighted by molar-refractivity contribution is -0.385. The van der Waals surface area contributed by atoms with Gasteiger partial charge < -0.3 is 9.73 Å². The van der Waals surface area contributed by atoms with Crippen LogP contribution in [-0.2, 0) is 5.41 Å². The smallest absolute Gasteiger partial charge is 0.272 e. The molecule has 0 atom stereocenters. The van der Waals surface area contributed by atoms with Crippen molar-refractivity contribution in [2.24, 2.45) is 0 Å². The van der Waals surface area contributed by atoms with Crippen molar-refractivity contribution in [2.45, 2.75) is 33.1 Å². The van der Waals surface area contributed by atoms with Gasteiger partial charge in [0.15, 0.2) is 5.58 Å². The van der Waals surface area contributed by atoms with Crippen LogP contribution in [0.5, 0.6) is 0 Å². The van der Waals surface area contributed by atoms with Crippen LogP contribution in [0.2, 0.25) is 0 Å². The lowest BCUT2D eigenvalue weighted by Gasteiger charge is -2.18. The molecule has 3 aromatic carbocycles. The van der Waals surface area contributed by atoms with E-state index in [4.69, 9.17) is 4.42 Å². The summed E-state index contributed by atoms with van der Waals surface area (Å²) in [6.07, 6.45) is 0. The Kier molecular flexibility index (Phi) is 5.26. The minimum absolute atomic E-state index is 0.0149. The summed E-state index contributed by atoms with van der Waals surface area (Å²) in [6, 6.07) is 17.5. The van der Waals surface area contributed by atoms with E-state index in [1.807, 2.05) is 24.3 Å². The highest BCUT2D eigenvalue weighted by molar-refractivity contribution is 6.04. The van der Waals surface area contributed by atoms with Crippen LogP contribution in [0.4, 0.5) is 11.4 Å². The molecule has 0 fully saturated rings. The molecule has 0 saturated heterocycles. The Morgan fingerprint density at radius 3 is 2.38 bits per heavy atom. The molecule has 1 amide bonds. The molecule has 32 heavy (non-hydrogen) atoms. The molecule has 1 N–H and O–H groups in total. The molecule has 1 aromatic heterocycles. The van der Waals surface area contributed by atoms with Gasteiger partial charge in [0.1, 0.15) is 5.52 Å². The molecule has 7 heteroatoms. The predicted octanol–water partition coefficient (Wildman–Crippen LogP) is 6.26. The monoisotopic (exact) mass is 429 g/mol. The summed E-state index contributed by atoms with van der Waals surface area (Å²) in [5.74, 6) is 0.169. The lowest BCUT2D eigenvalue weighted by Crippen LogP contribution is -2.12. The number of aryl methyl sites for hydroxylation is 1. The molecule has 1 heterocycles. The van der Waals surface area contributed by atoms with Gasteiger partial charge in [0, 0.05) is 28.4 Å². The van der Waals surface area contributed by atoms with Gasteiger partial charge in [0.25, 0.3) is 11.6 Å². The first-order valence-electron chi connectivity index (χ1n) is 10.2. The van der Waals surface area contributed by atoms with E-state index in [9.17, 15) is 14.9 Å². The van der Waals surface area contributed by atoms with Crippen molar-refractivity contribution in [1.29, 1.82) is 0 Å². The molecule has 4 aromatic rings. The maximum atomic E-state index is 12.5. The van der Waals surface area contributed by atoms with Crippen molar-refractivity contribution in [2.75, 3.05) is 5.32 Å². The fourth-order valence-electron chi connectivity index (χ4n) is 3.42. The second kappa shape index (κ2) is 7.92. The van der Waals surface area contributed by atoms with Crippen molar-refractivity contribution in [3.05, 3.63) is 87.5 Å². The third-order valence-corrected chi connectivity index (χ3v) is 5.30. The van der Waals surface area contributed by atoms with Crippen LogP contribution in [0.1, 0.15) is 42.3 Å². The van der Waals surface area contributed by atoms with Crippen LogP contribution >= 0.6 is 0 Å². The standard InChI is InChI=1S/C25H23N3O4/c1-15-13-17(7-11-21(15)28(30)31)23(29)26-19-9-5-16(6-10-19)24-27-20-14-18(25(2,3)4)8-12-22(20)32-24/h5-14H,1-4H3,(H,26,29). The van der Waals surface area contributed by atoms with Crippen molar-refractivity contribution >= 4 is 28.4 Å². The number of nitro benzene ring substituents is 1. The molecule has 0 radical (unpaired) electrons. The number of benzene rings is 3. The molecule has 0 aliphatic heterocycles. The molecule has 7 nitrogen and oxygen atoms in total. The molecule has 0 spiro atoms. The summed E-state index contributed by atoms with van der Waals surface area (Å²) in [5, 5.41) is 13.8. The van der Waals surface area contributed by atoms with E-state index in [2.05, 4.69) is 37.1 Å². The topological polar surface area (TPSA) is 98.3 Å². The number of nitro groups is 1. The summed E-state index contributed by atoms with van der Waals surface area (Å²) in [4.78, 5) is 27.6. The number of nitrogens with zero attached hydrogens (tertiary/aromatic N) is 2. The van der Waals surface area contributed by atoms with E-state index in [0.717, 1.165) is 16.7 Å². The zero-order valence-corrected chi connectivity index (χ0v) is 18.3. The number of nitrogens with one attached hydrogen (secondary N) is 1. The Hall–Kier alpha value is -4.00. The number of amides is 1. The third-order valence-electron chi connectivity index (χ3n) is 5.30. The van der Waals surface area contributed by atoms with Gasteiger partial charge in [-0.05, 0) is 66.4 Å². The van der Waals surface area contributed by atoms with Gasteiger partial charge >= 0.3 is 0 Å². The summed E-state index contributed by atoms with van der Waals surface area (Å²) in [7, 11) is 0. The van der Waals surface area contributed by atoms with Crippen molar-refractivity contribution < 1.29 is 14.1 Å². The van der Waals surface area contributed by atoms with Crippen LogP contribution in [0, 0.1) is 17.0 Å². The Morgan fingerprint density at radius 2 is 1.75 bits per heavy atom. The maximum absolute atomic E-state index is 12.5. The number of fused-ring (bicyclic) bond motifs is 1. The first-order valence-corrected chi connectivity index (χ1v) is 10.2. The highest BCUT2D eigenvalue weighted by Crippen LogP contribution is 2.30. The Labute approximate surface area is 185 Å². The highest BCUT2D eigenvalue weighted by atomic mass is 16.6. The van der Waals surface area contributed by atoms with E-state index in [1.165, 1.54) is 23.8 Å². The van der Waals surface area contributed by atoms with Gasteiger partial charge in [-0.3, -0.25) is 14.9 Å². The molecule has 4 rings (SSSR count). The van der Waals surface area contributed by atoms with Crippen molar-refractivity contribution in [1.82, 2.24) is 4.98 Å². The number of carbonyl (C=O) groups excluding carboxylic acids is 1. The summed E-state index contributed by atoms with van der Waals surface area (Å²) < 4.78 is 5.90. The van der Waals surface area contributed by atoms with E-state index >= 15 is 0 Å². The maximum Gasteiger partial charge on any atom is 0.272 e. The molecular weight excluding hydrogens is 406 g/mol. The van der Waals surface area contributed by atoms with Gasteiger partial charge in [0.05, 0.1) is 4.92 Å². The predicted molar refractivity (Wildman–Crippen MR) is 124 cm³/mol. The summed E-state index contributed by atoms with van der Waals surface area (Å²) in [6.45, 7) is 8.06. The van der Waals surface area contributed by atoms with Crippen LogP contribution < -0.4 is 5.32 Å². The minimum Gasteiger partial charge on any atom is -0.436 e. The first kappa shape index (κ1) is 21.2. The van der Waals surface area contributed by atoms with Crippen LogP contribution in [0.15, 0.2) is 65.1 Å². The largest absolute Gasteiger partial charge is 0.436 e. The molecule has 0 saturated carbocycles. The molecule has 162 valence electrons. The van der Waals surface area contributed by atoms with Crippen LogP contribution in [0.25, 0.3) is 22.6 Å². The van der Waals surface area contributed by atoms with Crippen LogP contribution in [0.3, 0.4) is 0 Å². The number of aromatic nitrogens is 1. The second-order valence-electron chi connectivity index (χ2n) is 8.74. The SMILES string of the molecule is Cc1cc(C(=O)Nc2ccc(-c3nc4cc(C(C)(C)C)ccc4o3)cc2)ccc1[N+](=O)[O-]. The Balaban J connectivity index is 1.52. The van der Waals surface area contributed by atoms with Gasteiger partial charge in [-0.1, -0.05) is 26.8 Å². The average molecular weight is 429 g/mol. The quantitative estimate of drug-likeness (QED) is 0.305. The number of oxazole rings is 1. The third kappa shape index (κ3) is 4.23. The Morgan fingerprint density at radius 1 is 1.03 bits per heavy atom. The average Bonchev–Trinajstić information content (AvgIpc) is 3.16. The normalized spacial score (nSPS) is 11.5. The van der Waals surface area contributed by atoms with Gasteiger partial charge in [-0.2, -0.15) is 0 Å². The van der Waals surface area contributed by atoms with E-state index in [1.54, 1.807) is 19.1 Å². The minimum atomic E-state index is -0.466. The van der Waals surface area contributed by atoms with Gasteiger partial charge in [0.2, 0.25) is 5.89 Å². The van der Waals surface area contributed by atoms with Crippen molar-refractivity contribution in [3.8, 4) is 11.5 Å². The van der Waals surface area contributed by atoms with E-state index in [-0.39, 0.29) is 17.0 Å². The molecule has 0 aliphatic carbocycles. The van der Waals surface area contributed by atoms with E-state index in [0.29, 0.717) is 22.7 Å². The van der Waals surface area contributed by atoms with Gasteiger partial charge in [-0.25, -0.2) is 4.98 Å². The number of hydrogen-bond donors (Lipinski definition) is 1. The number of hydrogen-bond acceptors (Lipinski definition) is 5. The fourth-order valence-corrected chi connectivity index (χ4v) is 3.42. The molecule has 0 aliphatic rings. The number of anilines is 1. The zero-order valence-electron chi connectivity index (χ0n) is 18.3. The zero-order chi connectivity index (χ0) is 23.0. The number of carbonyl (C=O) groups is 1. The highest BCUT2D eigenvalue weighted by Gasteiger charge is 2.17. The first-order chi connectivity index (χ1) is 15.1. The summed E-state index contributed by atoms with van der Waals surface area (Å²) >= 11 is 0. The van der Waals surface area contributed by atoms with E-state index < -0.39 is 4.92 Å². The Bertz CT molecular complexity index is 1330. The van der Waals surface area contributed by atoms with Crippen molar-refractivity contribution in [3.63, 3.8) is 0 Å². The second-order valence-corrected chi connectivity index (χ2v) is 8.74. The van der Waals surface area contributed by atoms with Crippen LogP contribution in [-0.4, -0.2) is 15.8 Å². The fraction of sp³-hybridized carbons (Fsp3) is 0.200. The molecule has 0 unspecified atom stereocenters. The summed E-state index contributed by atoms with van der Waals surface area (Å²) in [5.41, 5.74) is 4.90. The number of rotatable bonds is 4. The molecular formula is C25H23N3O4. The lowest BCUT2D eigenvalue weighted by atomic mass is 9.87.